The molecule has 3 atom stereocenters. The van der Waals surface area contributed by atoms with E-state index >= 15 is 0 Å². The fourth-order valence-electron chi connectivity index (χ4n) is 2.27. The van der Waals surface area contributed by atoms with Gasteiger partial charge in [0.1, 0.15) is 11.6 Å². The van der Waals surface area contributed by atoms with Gasteiger partial charge in [0.15, 0.2) is 0 Å². The molecule has 1 N–H and O–H groups in total. The van der Waals surface area contributed by atoms with Crippen LogP contribution in [0.15, 0.2) is 0 Å². The van der Waals surface area contributed by atoms with E-state index < -0.39 is 29.8 Å². The number of carbonyl (C=O) groups is 2. The van der Waals surface area contributed by atoms with E-state index in [1.807, 2.05) is 0 Å². The van der Waals surface area contributed by atoms with Gasteiger partial charge in [-0.1, -0.05) is 6.92 Å². The third kappa shape index (κ3) is 4.09. The highest BCUT2D eigenvalue weighted by molar-refractivity contribution is 5.82. The van der Waals surface area contributed by atoms with Crippen LogP contribution in [0.25, 0.3) is 0 Å². The second kappa shape index (κ2) is 5.77. The summed E-state index contributed by atoms with van der Waals surface area (Å²) in [6.45, 7) is 7.14. The summed E-state index contributed by atoms with van der Waals surface area (Å²) in [5.74, 6) is -0.658. The predicted molar refractivity (Wildman–Crippen MR) is 68.5 cm³/mol. The van der Waals surface area contributed by atoms with E-state index in [9.17, 15) is 14.7 Å². The molecule has 1 rings (SSSR count). The molecular formula is C13H23NO5. The van der Waals surface area contributed by atoms with E-state index in [0.717, 1.165) is 0 Å². The minimum absolute atomic E-state index is 0.0824. The average Bonchev–Trinajstić information content (AvgIpc) is 2.24. The Kier molecular flexibility index (Phi) is 4.79. The Balaban J connectivity index is 2.91. The number of aliphatic hydroxyl groups excluding tert-OH is 1. The summed E-state index contributed by atoms with van der Waals surface area (Å²) in [6.07, 6.45) is -0.795. The monoisotopic (exact) mass is 273 g/mol. The van der Waals surface area contributed by atoms with Crippen LogP contribution in [0.3, 0.4) is 0 Å². The highest BCUT2D eigenvalue weighted by atomic mass is 16.6. The maximum absolute atomic E-state index is 12.1. The zero-order valence-corrected chi connectivity index (χ0v) is 12.2. The fourth-order valence-corrected chi connectivity index (χ4v) is 2.27. The molecule has 0 radical (unpaired) electrons. The summed E-state index contributed by atoms with van der Waals surface area (Å²) in [4.78, 5) is 25.2. The van der Waals surface area contributed by atoms with E-state index in [2.05, 4.69) is 0 Å². The zero-order chi connectivity index (χ0) is 14.8. The van der Waals surface area contributed by atoms with E-state index in [0.29, 0.717) is 6.42 Å². The van der Waals surface area contributed by atoms with E-state index in [1.165, 1.54) is 12.0 Å². The zero-order valence-electron chi connectivity index (χ0n) is 12.2. The third-order valence-corrected chi connectivity index (χ3v) is 3.00. The summed E-state index contributed by atoms with van der Waals surface area (Å²) < 4.78 is 10.0. The molecule has 6 nitrogen and oxygen atoms in total. The molecule has 0 saturated carbocycles. The van der Waals surface area contributed by atoms with Crippen molar-refractivity contribution in [3.8, 4) is 0 Å². The van der Waals surface area contributed by atoms with E-state index in [4.69, 9.17) is 9.47 Å². The molecule has 19 heavy (non-hydrogen) atoms. The number of nitrogens with zero attached hydrogens (tertiary/aromatic N) is 1. The van der Waals surface area contributed by atoms with Crippen molar-refractivity contribution in [2.75, 3.05) is 13.7 Å². The van der Waals surface area contributed by atoms with Crippen LogP contribution < -0.4 is 0 Å². The minimum Gasteiger partial charge on any atom is -0.467 e. The predicted octanol–water partition coefficient (Wildman–Crippen LogP) is 1.17. The van der Waals surface area contributed by atoms with Crippen LogP contribution in [0.4, 0.5) is 4.79 Å². The standard InChI is InChI=1S/C13H23NO5/c1-8-6-9(15)7-14(10(8)11(16)18-5)12(17)19-13(2,3)4/h8-10,15H,6-7H2,1-5H3/t8-,9-,10+/m1/s1. The van der Waals surface area contributed by atoms with Crippen LogP contribution >= 0.6 is 0 Å². The van der Waals surface area contributed by atoms with Crippen LogP contribution in [0.5, 0.6) is 0 Å². The number of piperidine rings is 1. The summed E-state index contributed by atoms with van der Waals surface area (Å²) in [7, 11) is 1.29. The molecule has 0 aromatic rings. The van der Waals surface area contributed by atoms with Crippen LogP contribution in [-0.2, 0) is 14.3 Å². The summed E-state index contributed by atoms with van der Waals surface area (Å²) >= 11 is 0. The lowest BCUT2D eigenvalue weighted by Gasteiger charge is -2.40. The van der Waals surface area contributed by atoms with Gasteiger partial charge < -0.3 is 14.6 Å². The highest BCUT2D eigenvalue weighted by Gasteiger charge is 2.42. The molecule has 0 aromatic heterocycles. The Hall–Kier alpha value is -1.30. The number of ether oxygens (including phenoxy) is 2. The second-order valence-corrected chi connectivity index (χ2v) is 5.97. The number of likely N-dealkylation sites (tertiary alicyclic amines) is 1. The first-order valence-corrected chi connectivity index (χ1v) is 6.41. The van der Waals surface area contributed by atoms with Crippen molar-refractivity contribution in [1.82, 2.24) is 4.90 Å². The van der Waals surface area contributed by atoms with E-state index in [1.54, 1.807) is 27.7 Å². The normalized spacial score (nSPS) is 27.9. The number of rotatable bonds is 1. The van der Waals surface area contributed by atoms with Gasteiger partial charge in [-0.05, 0) is 33.1 Å². The molecule has 0 aliphatic carbocycles. The van der Waals surface area contributed by atoms with Gasteiger partial charge in [0.05, 0.1) is 19.8 Å². The second-order valence-electron chi connectivity index (χ2n) is 5.97. The molecule has 1 amide bonds. The van der Waals surface area contributed by atoms with Crippen molar-refractivity contribution < 1.29 is 24.2 Å². The van der Waals surface area contributed by atoms with Gasteiger partial charge in [-0.3, -0.25) is 4.90 Å². The first-order chi connectivity index (χ1) is 8.65. The van der Waals surface area contributed by atoms with Gasteiger partial charge in [-0.25, -0.2) is 9.59 Å². The Bertz CT molecular complexity index is 349. The molecule has 110 valence electrons. The maximum Gasteiger partial charge on any atom is 0.411 e. The Morgan fingerprint density at radius 3 is 2.37 bits per heavy atom. The number of β-amino-alcohol motifs (C(OH)–C–C–N with tert-alkyl or cyclic N) is 1. The SMILES string of the molecule is COC(=O)[C@@H]1[C@H](C)C[C@@H](O)CN1C(=O)OC(C)(C)C. The average molecular weight is 273 g/mol. The number of methoxy groups -OCH3 is 1. The van der Waals surface area contributed by atoms with Gasteiger partial charge in [-0.15, -0.1) is 0 Å². The third-order valence-electron chi connectivity index (χ3n) is 3.00. The van der Waals surface area contributed by atoms with Crippen LogP contribution in [-0.4, -0.2) is 53.5 Å². The van der Waals surface area contributed by atoms with Gasteiger partial charge in [0, 0.05) is 0 Å². The summed E-state index contributed by atoms with van der Waals surface area (Å²) in [5.41, 5.74) is -0.649. The molecule has 1 saturated heterocycles. The summed E-state index contributed by atoms with van der Waals surface area (Å²) in [5, 5.41) is 9.77. The number of aliphatic hydroxyl groups is 1. The van der Waals surface area contributed by atoms with Crippen molar-refractivity contribution >= 4 is 12.1 Å². The van der Waals surface area contributed by atoms with Crippen molar-refractivity contribution in [2.45, 2.75) is 51.9 Å². The quantitative estimate of drug-likeness (QED) is 0.726. The van der Waals surface area contributed by atoms with Gasteiger partial charge in [-0.2, -0.15) is 0 Å². The first kappa shape index (κ1) is 15.8. The Morgan fingerprint density at radius 2 is 1.89 bits per heavy atom. The fraction of sp³-hybridized carbons (Fsp3) is 0.846. The van der Waals surface area contributed by atoms with Gasteiger partial charge in [0.2, 0.25) is 0 Å². The van der Waals surface area contributed by atoms with Crippen LogP contribution in [0.2, 0.25) is 0 Å². The molecule has 0 aromatic carbocycles. The molecule has 6 heteroatoms. The van der Waals surface area contributed by atoms with Crippen molar-refractivity contribution in [1.29, 1.82) is 0 Å². The molecule has 1 aliphatic heterocycles. The van der Waals surface area contributed by atoms with Crippen LogP contribution in [0.1, 0.15) is 34.1 Å². The lowest BCUT2D eigenvalue weighted by Crippen LogP contribution is -2.57. The first-order valence-electron chi connectivity index (χ1n) is 6.41. The Morgan fingerprint density at radius 1 is 1.32 bits per heavy atom. The van der Waals surface area contributed by atoms with E-state index in [-0.39, 0.29) is 12.5 Å². The number of hydrogen-bond donors (Lipinski definition) is 1. The molecule has 0 unspecified atom stereocenters. The topological polar surface area (TPSA) is 76.1 Å². The van der Waals surface area contributed by atoms with Crippen molar-refractivity contribution in [3.05, 3.63) is 0 Å². The maximum atomic E-state index is 12.1. The lowest BCUT2D eigenvalue weighted by atomic mass is 9.89. The molecule has 1 aliphatic rings. The molecule has 0 spiro atoms. The largest absolute Gasteiger partial charge is 0.467 e. The van der Waals surface area contributed by atoms with Crippen molar-refractivity contribution in [2.24, 2.45) is 5.92 Å². The number of hydrogen-bond acceptors (Lipinski definition) is 5. The van der Waals surface area contributed by atoms with Crippen LogP contribution in [0, 0.1) is 5.92 Å². The smallest absolute Gasteiger partial charge is 0.411 e. The minimum atomic E-state index is -0.705. The Labute approximate surface area is 113 Å². The molecule has 1 fully saturated rings. The van der Waals surface area contributed by atoms with Gasteiger partial charge in [0.25, 0.3) is 0 Å². The number of esters is 1. The van der Waals surface area contributed by atoms with Crippen molar-refractivity contribution in [3.63, 3.8) is 0 Å². The molecular weight excluding hydrogens is 250 g/mol. The number of amides is 1. The molecule has 0 bridgehead atoms. The molecule has 1 heterocycles. The number of carbonyl (C=O) groups excluding carboxylic acids is 2. The lowest BCUT2D eigenvalue weighted by molar-refractivity contribution is -0.152. The highest BCUT2D eigenvalue weighted by Crippen LogP contribution is 2.26. The summed E-state index contributed by atoms with van der Waals surface area (Å²) in [6, 6.07) is -0.705. The van der Waals surface area contributed by atoms with Gasteiger partial charge >= 0.3 is 12.1 Å².